The molecule has 0 radical (unpaired) electrons. The normalized spacial score (nSPS) is 12.8. The summed E-state index contributed by atoms with van der Waals surface area (Å²) in [4.78, 5) is 13.8. The Kier molecular flexibility index (Phi) is 3.82. The van der Waals surface area contributed by atoms with E-state index in [0.717, 1.165) is 16.9 Å². The first-order valence-corrected chi connectivity index (χ1v) is 6.92. The summed E-state index contributed by atoms with van der Waals surface area (Å²) in [7, 11) is 3.62. The summed E-state index contributed by atoms with van der Waals surface area (Å²) in [6, 6.07) is 5.58. The summed E-state index contributed by atoms with van der Waals surface area (Å²) in [5, 5.41) is 4.09. The summed E-state index contributed by atoms with van der Waals surface area (Å²) < 4.78 is 12.3. The summed E-state index contributed by atoms with van der Waals surface area (Å²) in [5.74, 6) is 1.37. The molecule has 0 aliphatic carbocycles. The second kappa shape index (κ2) is 5.93. The maximum Gasteiger partial charge on any atom is 0.246 e. The van der Waals surface area contributed by atoms with E-state index >= 15 is 0 Å². The molecule has 6 heteroatoms. The van der Waals surface area contributed by atoms with Crippen LogP contribution in [0.3, 0.4) is 0 Å². The van der Waals surface area contributed by atoms with Gasteiger partial charge in [0.15, 0.2) is 11.5 Å². The standard InChI is InChI=1S/C16H17N3O3/c1-18(9-13-8-17-19(2)10-13)16(20)6-4-12-3-5-14-15(7-12)22-11-21-14/h3-8,10H,9,11H2,1-2H3. The Balaban J connectivity index is 1.63. The van der Waals surface area contributed by atoms with E-state index in [9.17, 15) is 4.79 Å². The number of fused-ring (bicyclic) bond motifs is 1. The van der Waals surface area contributed by atoms with Crippen molar-refractivity contribution in [2.75, 3.05) is 13.8 Å². The number of aryl methyl sites for hydroxylation is 1. The van der Waals surface area contributed by atoms with Gasteiger partial charge in [0.2, 0.25) is 12.7 Å². The van der Waals surface area contributed by atoms with Gasteiger partial charge >= 0.3 is 0 Å². The van der Waals surface area contributed by atoms with Crippen LogP contribution in [-0.2, 0) is 18.4 Å². The molecule has 0 saturated heterocycles. The Morgan fingerprint density at radius 3 is 3.00 bits per heavy atom. The molecule has 1 aliphatic rings. The molecule has 0 unspecified atom stereocenters. The highest BCUT2D eigenvalue weighted by Crippen LogP contribution is 2.32. The van der Waals surface area contributed by atoms with E-state index in [1.165, 1.54) is 0 Å². The molecule has 1 aromatic heterocycles. The molecule has 0 bridgehead atoms. The van der Waals surface area contributed by atoms with Crippen LogP contribution in [0.5, 0.6) is 11.5 Å². The molecule has 0 saturated carbocycles. The van der Waals surface area contributed by atoms with Crippen LogP contribution in [0.25, 0.3) is 6.08 Å². The van der Waals surface area contributed by atoms with Crippen LogP contribution in [0.1, 0.15) is 11.1 Å². The van der Waals surface area contributed by atoms with Gasteiger partial charge in [0.1, 0.15) is 0 Å². The average Bonchev–Trinajstić information content (AvgIpc) is 3.12. The first-order chi connectivity index (χ1) is 10.6. The maximum absolute atomic E-state index is 12.1. The van der Waals surface area contributed by atoms with E-state index in [2.05, 4.69) is 5.10 Å². The van der Waals surface area contributed by atoms with E-state index in [-0.39, 0.29) is 12.7 Å². The topological polar surface area (TPSA) is 56.6 Å². The summed E-state index contributed by atoms with van der Waals surface area (Å²) in [5.41, 5.74) is 1.89. The minimum absolute atomic E-state index is 0.0680. The Morgan fingerprint density at radius 2 is 2.23 bits per heavy atom. The van der Waals surface area contributed by atoms with Gasteiger partial charge in [-0.15, -0.1) is 0 Å². The number of likely N-dealkylation sites (N-methyl/N-ethyl adjacent to an activating group) is 1. The highest BCUT2D eigenvalue weighted by molar-refractivity contribution is 5.91. The van der Waals surface area contributed by atoms with Gasteiger partial charge in [0.25, 0.3) is 0 Å². The zero-order valence-electron chi connectivity index (χ0n) is 12.5. The van der Waals surface area contributed by atoms with Crippen LogP contribution in [0.2, 0.25) is 0 Å². The van der Waals surface area contributed by atoms with Gasteiger partial charge in [-0.25, -0.2) is 0 Å². The second-order valence-corrected chi connectivity index (χ2v) is 5.16. The summed E-state index contributed by atoms with van der Waals surface area (Å²) in [6.45, 7) is 0.771. The van der Waals surface area contributed by atoms with Gasteiger partial charge < -0.3 is 14.4 Å². The minimum atomic E-state index is -0.0680. The molecule has 0 atom stereocenters. The smallest absolute Gasteiger partial charge is 0.246 e. The number of rotatable bonds is 4. The molecule has 0 spiro atoms. The third-order valence-electron chi connectivity index (χ3n) is 3.37. The highest BCUT2D eigenvalue weighted by Gasteiger charge is 2.12. The van der Waals surface area contributed by atoms with Crippen molar-refractivity contribution in [3.05, 3.63) is 47.8 Å². The van der Waals surface area contributed by atoms with Crippen LogP contribution < -0.4 is 9.47 Å². The number of carbonyl (C=O) groups excluding carboxylic acids is 1. The number of amides is 1. The van der Waals surface area contributed by atoms with E-state index in [1.54, 1.807) is 35.0 Å². The first-order valence-electron chi connectivity index (χ1n) is 6.92. The van der Waals surface area contributed by atoms with Gasteiger partial charge in [-0.05, 0) is 23.8 Å². The fourth-order valence-corrected chi connectivity index (χ4v) is 2.22. The van der Waals surface area contributed by atoms with Crippen molar-refractivity contribution >= 4 is 12.0 Å². The van der Waals surface area contributed by atoms with Gasteiger partial charge in [-0.3, -0.25) is 9.48 Å². The van der Waals surface area contributed by atoms with Crippen molar-refractivity contribution < 1.29 is 14.3 Å². The quantitative estimate of drug-likeness (QED) is 0.808. The molecule has 1 aromatic carbocycles. The number of aromatic nitrogens is 2. The molecule has 22 heavy (non-hydrogen) atoms. The highest BCUT2D eigenvalue weighted by atomic mass is 16.7. The van der Waals surface area contributed by atoms with Gasteiger partial charge in [0, 0.05) is 38.5 Å². The van der Waals surface area contributed by atoms with Crippen LogP contribution in [0, 0.1) is 0 Å². The van der Waals surface area contributed by atoms with Crippen molar-refractivity contribution in [1.29, 1.82) is 0 Å². The molecule has 114 valence electrons. The van der Waals surface area contributed by atoms with E-state index in [4.69, 9.17) is 9.47 Å². The van der Waals surface area contributed by atoms with E-state index in [0.29, 0.717) is 12.3 Å². The zero-order chi connectivity index (χ0) is 15.5. The molecule has 1 aliphatic heterocycles. The van der Waals surface area contributed by atoms with Crippen molar-refractivity contribution in [1.82, 2.24) is 14.7 Å². The number of ether oxygens (including phenoxy) is 2. The lowest BCUT2D eigenvalue weighted by Gasteiger charge is -2.13. The molecular weight excluding hydrogens is 282 g/mol. The van der Waals surface area contributed by atoms with Crippen molar-refractivity contribution in [3.63, 3.8) is 0 Å². The minimum Gasteiger partial charge on any atom is -0.454 e. The molecule has 1 amide bonds. The summed E-state index contributed by atoms with van der Waals surface area (Å²) >= 11 is 0. The SMILES string of the molecule is CN(Cc1cnn(C)c1)C(=O)C=Cc1ccc2c(c1)OCO2. The van der Waals surface area contributed by atoms with Crippen LogP contribution in [-0.4, -0.2) is 34.4 Å². The van der Waals surface area contributed by atoms with Crippen molar-refractivity contribution in [2.24, 2.45) is 7.05 Å². The Morgan fingerprint density at radius 1 is 1.41 bits per heavy atom. The van der Waals surface area contributed by atoms with Crippen LogP contribution >= 0.6 is 0 Å². The van der Waals surface area contributed by atoms with Crippen molar-refractivity contribution in [3.8, 4) is 11.5 Å². The number of carbonyl (C=O) groups is 1. The number of hydrogen-bond donors (Lipinski definition) is 0. The predicted octanol–water partition coefficient (Wildman–Crippen LogP) is 1.82. The lowest BCUT2D eigenvalue weighted by atomic mass is 10.2. The molecular formula is C16H17N3O3. The fourth-order valence-electron chi connectivity index (χ4n) is 2.22. The van der Waals surface area contributed by atoms with E-state index < -0.39 is 0 Å². The van der Waals surface area contributed by atoms with E-state index in [1.807, 2.05) is 31.4 Å². The third-order valence-corrected chi connectivity index (χ3v) is 3.37. The molecule has 2 aromatic rings. The summed E-state index contributed by atoms with van der Waals surface area (Å²) in [6.07, 6.45) is 6.97. The Hall–Kier alpha value is -2.76. The number of nitrogens with zero attached hydrogens (tertiary/aromatic N) is 3. The van der Waals surface area contributed by atoms with Gasteiger partial charge in [-0.2, -0.15) is 5.10 Å². The Bertz CT molecular complexity index is 721. The second-order valence-electron chi connectivity index (χ2n) is 5.16. The lowest BCUT2D eigenvalue weighted by molar-refractivity contribution is -0.125. The zero-order valence-corrected chi connectivity index (χ0v) is 12.5. The maximum atomic E-state index is 12.1. The van der Waals surface area contributed by atoms with Crippen molar-refractivity contribution in [2.45, 2.75) is 6.54 Å². The molecule has 3 rings (SSSR count). The monoisotopic (exact) mass is 299 g/mol. The van der Waals surface area contributed by atoms with Crippen LogP contribution in [0.15, 0.2) is 36.7 Å². The molecule has 0 fully saturated rings. The fraction of sp³-hybridized carbons (Fsp3) is 0.250. The largest absolute Gasteiger partial charge is 0.454 e. The molecule has 6 nitrogen and oxygen atoms in total. The number of hydrogen-bond acceptors (Lipinski definition) is 4. The third kappa shape index (κ3) is 3.11. The van der Waals surface area contributed by atoms with Gasteiger partial charge in [0.05, 0.1) is 6.20 Å². The van der Waals surface area contributed by atoms with Crippen LogP contribution in [0.4, 0.5) is 0 Å². The lowest BCUT2D eigenvalue weighted by Crippen LogP contribution is -2.23. The average molecular weight is 299 g/mol. The van der Waals surface area contributed by atoms with Gasteiger partial charge in [-0.1, -0.05) is 6.07 Å². The predicted molar refractivity (Wildman–Crippen MR) is 81.3 cm³/mol. The molecule has 0 N–H and O–H groups in total. The first kappa shape index (κ1) is 14.2. The Labute approximate surface area is 128 Å². The number of benzene rings is 1. The molecule has 2 heterocycles.